The molecule has 118 valence electrons. The van der Waals surface area contributed by atoms with E-state index in [1.54, 1.807) is 19.1 Å². The smallest absolute Gasteiger partial charge is 0.163 e. The molecule has 5 heteroatoms. The van der Waals surface area contributed by atoms with Crippen molar-refractivity contribution in [3.8, 4) is 0 Å². The number of aryl methyl sites for hydroxylation is 1. The van der Waals surface area contributed by atoms with E-state index >= 15 is 0 Å². The molecule has 21 heavy (non-hydrogen) atoms. The van der Waals surface area contributed by atoms with Crippen LogP contribution in [0.5, 0.6) is 0 Å². The summed E-state index contributed by atoms with van der Waals surface area (Å²) < 4.78 is 33.4. The van der Waals surface area contributed by atoms with Crippen molar-refractivity contribution in [1.29, 1.82) is 0 Å². The normalized spacial score (nSPS) is 21.0. The van der Waals surface area contributed by atoms with E-state index in [1.807, 2.05) is 13.8 Å². The molecule has 2 unspecified atom stereocenters. The second-order valence-corrected chi connectivity index (χ2v) is 5.89. The Morgan fingerprint density at radius 2 is 1.90 bits per heavy atom. The lowest BCUT2D eigenvalue weighted by atomic mass is 9.82. The summed E-state index contributed by atoms with van der Waals surface area (Å²) in [5.41, 5.74) is 6.46. The van der Waals surface area contributed by atoms with Crippen LogP contribution in [-0.4, -0.2) is 36.7 Å². The molecule has 0 aliphatic carbocycles. The van der Waals surface area contributed by atoms with Gasteiger partial charge in [-0.3, -0.25) is 4.90 Å². The maximum atomic E-state index is 14.2. The second kappa shape index (κ2) is 6.38. The predicted molar refractivity (Wildman–Crippen MR) is 79.1 cm³/mol. The number of hydrogen-bond acceptors (Lipinski definition) is 3. The highest BCUT2D eigenvalue weighted by Gasteiger charge is 2.39. The average Bonchev–Trinajstić information content (AvgIpc) is 2.52. The number of rotatable bonds is 4. The van der Waals surface area contributed by atoms with E-state index in [1.165, 1.54) is 0 Å². The van der Waals surface area contributed by atoms with Crippen LogP contribution >= 0.6 is 0 Å². The largest absolute Gasteiger partial charge is 0.379 e. The molecular formula is C16H24F2N2O. The first-order valence-corrected chi connectivity index (χ1v) is 7.44. The maximum Gasteiger partial charge on any atom is 0.163 e. The molecule has 0 saturated carbocycles. The number of halogens is 2. The molecule has 2 atom stereocenters. The van der Waals surface area contributed by atoms with Crippen molar-refractivity contribution in [2.24, 2.45) is 5.73 Å². The highest BCUT2D eigenvalue weighted by atomic mass is 19.2. The van der Waals surface area contributed by atoms with Crippen molar-refractivity contribution < 1.29 is 13.5 Å². The van der Waals surface area contributed by atoms with Gasteiger partial charge in [0.15, 0.2) is 11.6 Å². The fourth-order valence-corrected chi connectivity index (χ4v) is 2.95. The van der Waals surface area contributed by atoms with Gasteiger partial charge in [0.05, 0.1) is 19.3 Å². The summed E-state index contributed by atoms with van der Waals surface area (Å²) in [7, 11) is 0. The number of nitrogens with two attached hydrogens (primary N) is 1. The molecule has 0 amide bonds. The molecule has 1 fully saturated rings. The summed E-state index contributed by atoms with van der Waals surface area (Å²) in [6.07, 6.45) is 0.753. The van der Waals surface area contributed by atoms with Gasteiger partial charge in [-0.1, -0.05) is 19.1 Å². The molecule has 0 radical (unpaired) electrons. The van der Waals surface area contributed by atoms with E-state index in [2.05, 4.69) is 4.90 Å². The van der Waals surface area contributed by atoms with Crippen molar-refractivity contribution in [3.63, 3.8) is 0 Å². The van der Waals surface area contributed by atoms with Crippen LogP contribution in [0.4, 0.5) is 8.78 Å². The molecular weight excluding hydrogens is 274 g/mol. The first-order valence-electron chi connectivity index (χ1n) is 7.44. The Kier molecular flexibility index (Phi) is 4.96. The SMILES string of the molecule is CCC(C)(C(N)c1ccc(C)c(F)c1F)N1CCOCC1. The van der Waals surface area contributed by atoms with Crippen LogP contribution in [0.1, 0.15) is 37.4 Å². The molecule has 0 spiro atoms. The number of ether oxygens (including phenoxy) is 1. The summed E-state index contributed by atoms with van der Waals surface area (Å²) in [5.74, 6) is -1.63. The Balaban J connectivity index is 2.35. The topological polar surface area (TPSA) is 38.5 Å². The second-order valence-electron chi connectivity index (χ2n) is 5.89. The zero-order chi connectivity index (χ0) is 15.6. The third-order valence-corrected chi connectivity index (χ3v) is 4.76. The summed E-state index contributed by atoms with van der Waals surface area (Å²) in [5, 5.41) is 0. The summed E-state index contributed by atoms with van der Waals surface area (Å²) >= 11 is 0. The third-order valence-electron chi connectivity index (χ3n) is 4.76. The van der Waals surface area contributed by atoms with Gasteiger partial charge in [-0.15, -0.1) is 0 Å². The van der Waals surface area contributed by atoms with Gasteiger partial charge in [-0.2, -0.15) is 0 Å². The van der Waals surface area contributed by atoms with Crippen LogP contribution in [0.25, 0.3) is 0 Å². The standard InChI is InChI=1S/C16H24F2N2O/c1-4-16(3,20-7-9-21-10-8-20)15(19)12-6-5-11(2)13(17)14(12)18/h5-6,15H,4,7-10,19H2,1-3H3. The number of hydrogen-bond donors (Lipinski definition) is 1. The zero-order valence-electron chi connectivity index (χ0n) is 13.0. The number of morpholine rings is 1. The molecule has 2 N–H and O–H groups in total. The number of benzene rings is 1. The molecule has 0 aromatic heterocycles. The van der Waals surface area contributed by atoms with Crippen molar-refractivity contribution in [1.82, 2.24) is 4.90 Å². The third kappa shape index (κ3) is 2.96. The Morgan fingerprint density at radius 3 is 2.48 bits per heavy atom. The van der Waals surface area contributed by atoms with Crippen molar-refractivity contribution in [2.75, 3.05) is 26.3 Å². The first kappa shape index (κ1) is 16.3. The molecule has 0 bridgehead atoms. The van der Waals surface area contributed by atoms with Crippen LogP contribution in [-0.2, 0) is 4.74 Å². The average molecular weight is 298 g/mol. The molecule has 1 saturated heterocycles. The van der Waals surface area contributed by atoms with E-state index in [-0.39, 0.29) is 5.56 Å². The van der Waals surface area contributed by atoms with Gasteiger partial charge < -0.3 is 10.5 Å². The van der Waals surface area contributed by atoms with E-state index in [4.69, 9.17) is 10.5 Å². The van der Waals surface area contributed by atoms with E-state index in [0.29, 0.717) is 18.8 Å². The molecule has 1 aliphatic rings. The minimum Gasteiger partial charge on any atom is -0.379 e. The Labute approximate surface area is 125 Å². The summed E-state index contributed by atoms with van der Waals surface area (Å²) in [4.78, 5) is 2.22. The van der Waals surface area contributed by atoms with Crippen LogP contribution in [0, 0.1) is 18.6 Å². The van der Waals surface area contributed by atoms with Gasteiger partial charge in [0, 0.05) is 24.2 Å². The van der Waals surface area contributed by atoms with E-state index in [0.717, 1.165) is 19.5 Å². The molecule has 1 aromatic rings. The minimum atomic E-state index is -0.824. The lowest BCUT2D eigenvalue weighted by Crippen LogP contribution is -2.56. The minimum absolute atomic E-state index is 0.244. The van der Waals surface area contributed by atoms with Gasteiger partial charge in [-0.25, -0.2) is 8.78 Å². The van der Waals surface area contributed by atoms with Gasteiger partial charge in [0.2, 0.25) is 0 Å². The lowest BCUT2D eigenvalue weighted by molar-refractivity contribution is -0.0282. The Morgan fingerprint density at radius 1 is 1.29 bits per heavy atom. The quantitative estimate of drug-likeness (QED) is 0.929. The summed E-state index contributed by atoms with van der Waals surface area (Å²) in [6, 6.07) is 2.60. The predicted octanol–water partition coefficient (Wildman–Crippen LogP) is 2.77. The molecule has 1 aliphatic heterocycles. The van der Waals surface area contributed by atoms with Crippen LogP contribution in [0.15, 0.2) is 12.1 Å². The maximum absolute atomic E-state index is 14.2. The Bertz CT molecular complexity index is 503. The van der Waals surface area contributed by atoms with Crippen LogP contribution < -0.4 is 5.73 Å². The number of nitrogens with zero attached hydrogens (tertiary/aromatic N) is 1. The zero-order valence-corrected chi connectivity index (χ0v) is 13.0. The van der Waals surface area contributed by atoms with Crippen molar-refractivity contribution >= 4 is 0 Å². The van der Waals surface area contributed by atoms with Gasteiger partial charge in [-0.05, 0) is 25.8 Å². The van der Waals surface area contributed by atoms with Crippen LogP contribution in [0.2, 0.25) is 0 Å². The fourth-order valence-electron chi connectivity index (χ4n) is 2.95. The van der Waals surface area contributed by atoms with Gasteiger partial charge >= 0.3 is 0 Å². The molecule has 2 rings (SSSR count). The van der Waals surface area contributed by atoms with Gasteiger partial charge in [0.25, 0.3) is 0 Å². The summed E-state index contributed by atoms with van der Waals surface area (Å²) in [6.45, 7) is 8.40. The van der Waals surface area contributed by atoms with E-state index in [9.17, 15) is 8.78 Å². The lowest BCUT2D eigenvalue weighted by Gasteiger charge is -2.46. The Hall–Kier alpha value is -1.04. The molecule has 1 aromatic carbocycles. The molecule has 3 nitrogen and oxygen atoms in total. The fraction of sp³-hybridized carbons (Fsp3) is 0.625. The van der Waals surface area contributed by atoms with E-state index < -0.39 is 23.2 Å². The van der Waals surface area contributed by atoms with Crippen molar-refractivity contribution in [2.45, 2.75) is 38.8 Å². The highest BCUT2D eigenvalue weighted by molar-refractivity contribution is 5.30. The first-order chi connectivity index (χ1) is 9.91. The highest BCUT2D eigenvalue weighted by Crippen LogP contribution is 2.35. The van der Waals surface area contributed by atoms with Crippen molar-refractivity contribution in [3.05, 3.63) is 34.9 Å². The monoisotopic (exact) mass is 298 g/mol. The molecule has 1 heterocycles. The van der Waals surface area contributed by atoms with Crippen LogP contribution in [0.3, 0.4) is 0 Å². The van der Waals surface area contributed by atoms with Gasteiger partial charge in [0.1, 0.15) is 0 Å².